The second-order valence-electron chi connectivity index (χ2n) is 7.80. The molecule has 5 atom stereocenters. The molecule has 0 bridgehead atoms. The monoisotopic (exact) mass is 384 g/mol. The molecule has 3 aliphatic heterocycles. The first-order chi connectivity index (χ1) is 12.2. The molecule has 0 aliphatic carbocycles. The van der Waals surface area contributed by atoms with Crippen LogP contribution in [0, 0.1) is 0 Å². The minimum atomic E-state index is -0.710. The van der Waals surface area contributed by atoms with Gasteiger partial charge in [-0.25, -0.2) is 0 Å². The number of rotatable bonds is 4. The highest BCUT2D eigenvalue weighted by Crippen LogP contribution is 2.42. The van der Waals surface area contributed by atoms with Crippen LogP contribution in [-0.2, 0) is 35.0 Å². The van der Waals surface area contributed by atoms with Crippen LogP contribution >= 0.6 is 11.6 Å². The van der Waals surface area contributed by atoms with Gasteiger partial charge in [0.15, 0.2) is 17.9 Å². The molecule has 3 saturated heterocycles. The number of halogens is 1. The van der Waals surface area contributed by atoms with Crippen LogP contribution in [0.2, 0.25) is 5.02 Å². The van der Waals surface area contributed by atoms with Gasteiger partial charge in [0.05, 0.1) is 13.2 Å². The van der Waals surface area contributed by atoms with Crippen molar-refractivity contribution in [2.75, 3.05) is 6.61 Å². The predicted octanol–water partition coefficient (Wildman–Crippen LogP) is 3.25. The normalized spacial score (nSPS) is 37.8. The molecule has 3 aliphatic rings. The summed E-state index contributed by atoms with van der Waals surface area (Å²) in [5.41, 5.74) is 0.915. The second kappa shape index (κ2) is 6.71. The Morgan fingerprint density at radius 2 is 1.81 bits per heavy atom. The second-order valence-corrected chi connectivity index (χ2v) is 8.21. The van der Waals surface area contributed by atoms with Crippen molar-refractivity contribution in [3.8, 4) is 0 Å². The molecular formula is C19H25ClO6. The fourth-order valence-electron chi connectivity index (χ4n) is 3.67. The maximum absolute atomic E-state index is 6.26. The van der Waals surface area contributed by atoms with E-state index in [2.05, 4.69) is 0 Å². The SMILES string of the molecule is CC1(C)O[C@H]2O[C@H]([C@H]3COC(C)(C)O3)[C@H](OCc3ccccc3Cl)[C@H]2O1. The van der Waals surface area contributed by atoms with Crippen molar-refractivity contribution in [2.24, 2.45) is 0 Å². The highest BCUT2D eigenvalue weighted by molar-refractivity contribution is 6.31. The van der Waals surface area contributed by atoms with Crippen LogP contribution in [-0.4, -0.2) is 48.9 Å². The molecule has 0 amide bonds. The zero-order valence-corrected chi connectivity index (χ0v) is 16.2. The first kappa shape index (κ1) is 18.6. The molecule has 0 spiro atoms. The Morgan fingerprint density at radius 3 is 2.50 bits per heavy atom. The average Bonchev–Trinajstić information content (AvgIpc) is 3.16. The fourth-order valence-corrected chi connectivity index (χ4v) is 3.86. The highest BCUT2D eigenvalue weighted by Gasteiger charge is 2.58. The third-order valence-electron chi connectivity index (χ3n) is 4.81. The van der Waals surface area contributed by atoms with E-state index >= 15 is 0 Å². The minimum Gasteiger partial charge on any atom is -0.368 e. The van der Waals surface area contributed by atoms with Gasteiger partial charge in [-0.1, -0.05) is 29.8 Å². The van der Waals surface area contributed by atoms with Gasteiger partial charge in [0, 0.05) is 5.02 Å². The third kappa shape index (κ3) is 3.64. The third-order valence-corrected chi connectivity index (χ3v) is 5.18. The standard InChI is InChI=1S/C19H25ClO6/c1-18(2)22-10-13(24-18)14-15(16-17(23-14)26-19(3,4)25-16)21-9-11-7-5-6-8-12(11)20/h5-8,13-17H,9-10H2,1-4H3/t13-,14-,15+,16-,17-/m1/s1. The van der Waals surface area contributed by atoms with Gasteiger partial charge in [-0.2, -0.15) is 0 Å². The highest BCUT2D eigenvalue weighted by atomic mass is 35.5. The van der Waals surface area contributed by atoms with E-state index in [1.165, 1.54) is 0 Å². The molecule has 7 heteroatoms. The molecule has 1 aromatic carbocycles. The fraction of sp³-hybridized carbons (Fsp3) is 0.684. The average molecular weight is 385 g/mol. The van der Waals surface area contributed by atoms with Crippen LogP contribution in [0.4, 0.5) is 0 Å². The molecule has 3 fully saturated rings. The largest absolute Gasteiger partial charge is 0.368 e. The summed E-state index contributed by atoms with van der Waals surface area (Å²) in [7, 11) is 0. The molecule has 1 aromatic rings. The predicted molar refractivity (Wildman–Crippen MR) is 93.6 cm³/mol. The zero-order chi connectivity index (χ0) is 18.5. The summed E-state index contributed by atoms with van der Waals surface area (Å²) >= 11 is 6.26. The minimum absolute atomic E-state index is 0.248. The summed E-state index contributed by atoms with van der Waals surface area (Å²) in [5, 5.41) is 0.671. The first-order valence-electron chi connectivity index (χ1n) is 8.92. The van der Waals surface area contributed by atoms with Gasteiger partial charge in [-0.3, -0.25) is 0 Å². The molecular weight excluding hydrogens is 360 g/mol. The van der Waals surface area contributed by atoms with Crippen LogP contribution in [0.25, 0.3) is 0 Å². The Kier molecular flexibility index (Phi) is 4.80. The Hall–Kier alpha value is -0.730. The Bertz CT molecular complexity index is 663. The Balaban J connectivity index is 1.51. The van der Waals surface area contributed by atoms with Crippen LogP contribution in [0.5, 0.6) is 0 Å². The van der Waals surface area contributed by atoms with E-state index in [-0.39, 0.29) is 24.4 Å². The van der Waals surface area contributed by atoms with Crippen molar-refractivity contribution in [1.29, 1.82) is 0 Å². The van der Waals surface area contributed by atoms with E-state index < -0.39 is 17.9 Å². The molecule has 0 saturated carbocycles. The molecule has 0 N–H and O–H groups in total. The zero-order valence-electron chi connectivity index (χ0n) is 15.4. The van der Waals surface area contributed by atoms with E-state index in [0.717, 1.165) is 5.56 Å². The number of ether oxygens (including phenoxy) is 6. The van der Waals surface area contributed by atoms with Crippen molar-refractivity contribution in [3.05, 3.63) is 34.9 Å². The van der Waals surface area contributed by atoms with E-state index in [9.17, 15) is 0 Å². The van der Waals surface area contributed by atoms with Crippen LogP contribution in [0.15, 0.2) is 24.3 Å². The molecule has 6 nitrogen and oxygen atoms in total. The molecule has 4 rings (SSSR count). The number of hydrogen-bond donors (Lipinski definition) is 0. The molecule has 26 heavy (non-hydrogen) atoms. The maximum atomic E-state index is 6.26. The quantitative estimate of drug-likeness (QED) is 0.794. The molecule has 3 heterocycles. The number of hydrogen-bond acceptors (Lipinski definition) is 6. The van der Waals surface area contributed by atoms with E-state index in [1.54, 1.807) is 0 Å². The van der Waals surface area contributed by atoms with Crippen molar-refractivity contribution in [2.45, 2.75) is 76.6 Å². The summed E-state index contributed by atoms with van der Waals surface area (Å²) in [6.07, 6.45) is -1.75. The summed E-state index contributed by atoms with van der Waals surface area (Å²) in [4.78, 5) is 0. The Labute approximate surface area is 158 Å². The van der Waals surface area contributed by atoms with Gasteiger partial charge in [0.25, 0.3) is 0 Å². The van der Waals surface area contributed by atoms with Crippen LogP contribution < -0.4 is 0 Å². The van der Waals surface area contributed by atoms with Crippen molar-refractivity contribution in [1.82, 2.24) is 0 Å². The first-order valence-corrected chi connectivity index (χ1v) is 9.30. The Morgan fingerprint density at radius 1 is 1.04 bits per heavy atom. The van der Waals surface area contributed by atoms with Gasteiger partial charge in [0.2, 0.25) is 0 Å². The van der Waals surface area contributed by atoms with Crippen molar-refractivity contribution in [3.63, 3.8) is 0 Å². The summed E-state index contributed by atoms with van der Waals surface area (Å²) < 4.78 is 35.9. The van der Waals surface area contributed by atoms with Gasteiger partial charge < -0.3 is 28.4 Å². The van der Waals surface area contributed by atoms with E-state index in [0.29, 0.717) is 18.2 Å². The number of benzene rings is 1. The van der Waals surface area contributed by atoms with Crippen LogP contribution in [0.3, 0.4) is 0 Å². The lowest BCUT2D eigenvalue weighted by Gasteiger charge is -2.29. The van der Waals surface area contributed by atoms with Crippen molar-refractivity contribution >= 4 is 11.6 Å². The lowest BCUT2D eigenvalue weighted by molar-refractivity contribution is -0.236. The maximum Gasteiger partial charge on any atom is 0.190 e. The van der Waals surface area contributed by atoms with Gasteiger partial charge >= 0.3 is 0 Å². The van der Waals surface area contributed by atoms with Gasteiger partial charge in [0.1, 0.15) is 24.4 Å². The molecule has 0 radical (unpaired) electrons. The van der Waals surface area contributed by atoms with E-state index in [4.69, 9.17) is 40.0 Å². The number of fused-ring (bicyclic) bond motifs is 1. The lowest BCUT2D eigenvalue weighted by Crippen LogP contribution is -2.44. The summed E-state index contributed by atoms with van der Waals surface area (Å²) in [6, 6.07) is 7.62. The molecule has 0 aromatic heterocycles. The lowest BCUT2D eigenvalue weighted by atomic mass is 10.1. The van der Waals surface area contributed by atoms with Crippen molar-refractivity contribution < 1.29 is 28.4 Å². The van der Waals surface area contributed by atoms with Gasteiger partial charge in [-0.15, -0.1) is 0 Å². The van der Waals surface area contributed by atoms with Crippen LogP contribution in [0.1, 0.15) is 33.3 Å². The molecule has 144 valence electrons. The summed E-state index contributed by atoms with van der Waals surface area (Å²) in [5.74, 6) is -1.35. The summed E-state index contributed by atoms with van der Waals surface area (Å²) in [6.45, 7) is 8.30. The topological polar surface area (TPSA) is 55.4 Å². The van der Waals surface area contributed by atoms with E-state index in [1.807, 2.05) is 52.0 Å². The smallest absolute Gasteiger partial charge is 0.190 e. The molecule has 0 unspecified atom stereocenters. The van der Waals surface area contributed by atoms with Gasteiger partial charge in [-0.05, 0) is 39.3 Å².